The zero-order valence-corrected chi connectivity index (χ0v) is 14.1. The van der Waals surface area contributed by atoms with Gasteiger partial charge in [-0.15, -0.1) is 0 Å². The van der Waals surface area contributed by atoms with Gasteiger partial charge >= 0.3 is 5.97 Å². The molecule has 1 aromatic heterocycles. The molecule has 122 valence electrons. The minimum absolute atomic E-state index is 0.0499. The summed E-state index contributed by atoms with van der Waals surface area (Å²) >= 11 is 0. The summed E-state index contributed by atoms with van der Waals surface area (Å²) in [4.78, 5) is 12.2. The summed E-state index contributed by atoms with van der Waals surface area (Å²) in [5.74, 6) is 0.854. The molecule has 4 rings (SSSR count). The smallest absolute Gasteiger partial charge is 0.374 e. The van der Waals surface area contributed by atoms with Crippen molar-refractivity contribution in [2.75, 3.05) is 6.26 Å². The van der Waals surface area contributed by atoms with E-state index in [2.05, 4.69) is 20.8 Å². The first kappa shape index (κ1) is 15.6. The SMILES string of the molecule is C[C@H]1[C@@H](OC(=O)c2ccc(S(C)(=O)=O)o2)C[C@H]2C[C@H]1C2(C)C. The lowest BCUT2D eigenvalue weighted by Crippen LogP contribution is -2.57. The largest absolute Gasteiger partial charge is 0.456 e. The quantitative estimate of drug-likeness (QED) is 0.799. The molecule has 0 amide bonds. The van der Waals surface area contributed by atoms with Crippen molar-refractivity contribution in [2.24, 2.45) is 23.2 Å². The van der Waals surface area contributed by atoms with Crippen LogP contribution in [0.5, 0.6) is 0 Å². The summed E-state index contributed by atoms with van der Waals surface area (Å²) in [6, 6.07) is 2.65. The molecule has 1 aromatic rings. The fourth-order valence-corrected chi connectivity index (χ4v) is 4.64. The van der Waals surface area contributed by atoms with Gasteiger partial charge in [-0.1, -0.05) is 20.8 Å². The van der Waals surface area contributed by atoms with Gasteiger partial charge in [0.1, 0.15) is 6.10 Å². The van der Waals surface area contributed by atoms with Crippen LogP contribution in [0.4, 0.5) is 0 Å². The summed E-state index contributed by atoms with van der Waals surface area (Å²) in [6.45, 7) is 6.69. The molecule has 3 aliphatic rings. The van der Waals surface area contributed by atoms with Crippen molar-refractivity contribution in [3.05, 3.63) is 17.9 Å². The lowest BCUT2D eigenvalue weighted by Gasteiger charge is -2.61. The second-order valence-electron chi connectivity index (χ2n) is 7.29. The predicted octanol–water partition coefficient (Wildman–Crippen LogP) is 2.91. The second kappa shape index (κ2) is 4.85. The van der Waals surface area contributed by atoms with Crippen molar-refractivity contribution in [1.29, 1.82) is 0 Å². The van der Waals surface area contributed by atoms with E-state index in [4.69, 9.17) is 9.15 Å². The van der Waals surface area contributed by atoms with Gasteiger partial charge in [0.05, 0.1) is 0 Å². The maximum atomic E-state index is 12.2. The molecule has 1 heterocycles. The molecule has 0 aliphatic heterocycles. The van der Waals surface area contributed by atoms with Gasteiger partial charge in [-0.2, -0.15) is 0 Å². The molecule has 3 aliphatic carbocycles. The third-order valence-electron chi connectivity index (χ3n) is 5.69. The first-order chi connectivity index (χ1) is 10.1. The molecule has 0 aromatic carbocycles. The van der Waals surface area contributed by atoms with E-state index < -0.39 is 15.8 Å². The molecule has 5 nitrogen and oxygen atoms in total. The van der Waals surface area contributed by atoms with Crippen molar-refractivity contribution >= 4 is 15.8 Å². The topological polar surface area (TPSA) is 73.6 Å². The van der Waals surface area contributed by atoms with Gasteiger partial charge in [0.15, 0.2) is 0 Å². The molecule has 0 N–H and O–H groups in total. The van der Waals surface area contributed by atoms with Crippen LogP contribution in [0.15, 0.2) is 21.6 Å². The Bertz CT molecular complexity index is 700. The zero-order chi connectivity index (χ0) is 16.3. The molecule has 0 radical (unpaired) electrons. The number of ether oxygens (including phenoxy) is 1. The number of fused-ring (bicyclic) bond motifs is 2. The van der Waals surface area contributed by atoms with Crippen LogP contribution >= 0.6 is 0 Å². The molecule has 22 heavy (non-hydrogen) atoms. The minimum Gasteiger partial charge on any atom is -0.456 e. The summed E-state index contributed by atoms with van der Waals surface area (Å²) in [7, 11) is -3.45. The highest BCUT2D eigenvalue weighted by molar-refractivity contribution is 7.90. The van der Waals surface area contributed by atoms with Crippen molar-refractivity contribution in [2.45, 2.75) is 44.8 Å². The van der Waals surface area contributed by atoms with Gasteiger partial charge in [0.25, 0.3) is 0 Å². The number of hydrogen-bond donors (Lipinski definition) is 0. The number of furan rings is 1. The van der Waals surface area contributed by atoms with Crippen LogP contribution in [0.2, 0.25) is 0 Å². The van der Waals surface area contributed by atoms with E-state index in [-0.39, 0.29) is 17.0 Å². The third kappa shape index (κ3) is 2.37. The van der Waals surface area contributed by atoms with Gasteiger partial charge < -0.3 is 9.15 Å². The Kier molecular flexibility index (Phi) is 3.43. The molecule has 6 heteroatoms. The molecule has 2 bridgehead atoms. The van der Waals surface area contributed by atoms with Crippen molar-refractivity contribution in [3.8, 4) is 0 Å². The number of carbonyl (C=O) groups excluding carboxylic acids is 1. The monoisotopic (exact) mass is 326 g/mol. The van der Waals surface area contributed by atoms with Crippen molar-refractivity contribution < 1.29 is 22.4 Å². The Morgan fingerprint density at radius 2 is 2.00 bits per heavy atom. The average Bonchev–Trinajstić information content (AvgIpc) is 2.90. The second-order valence-corrected chi connectivity index (χ2v) is 9.24. The van der Waals surface area contributed by atoms with Crippen LogP contribution in [-0.2, 0) is 14.6 Å². The summed E-state index contributed by atoms with van der Waals surface area (Å²) < 4.78 is 33.5. The molecule has 0 spiro atoms. The molecular weight excluding hydrogens is 304 g/mol. The molecule has 3 saturated carbocycles. The Balaban J connectivity index is 1.69. The van der Waals surface area contributed by atoms with E-state index in [1.807, 2.05) is 0 Å². The molecular formula is C16H22O5S. The van der Waals surface area contributed by atoms with Crippen molar-refractivity contribution in [1.82, 2.24) is 0 Å². The fraction of sp³-hybridized carbons (Fsp3) is 0.688. The van der Waals surface area contributed by atoms with Crippen LogP contribution in [0, 0.1) is 23.2 Å². The lowest BCUT2D eigenvalue weighted by molar-refractivity contribution is -0.157. The number of carbonyl (C=O) groups is 1. The maximum Gasteiger partial charge on any atom is 0.374 e. The summed E-state index contributed by atoms with van der Waals surface area (Å²) in [5.41, 5.74) is 0.330. The highest BCUT2D eigenvalue weighted by Gasteiger charge is 2.57. The van der Waals surface area contributed by atoms with Crippen LogP contribution < -0.4 is 0 Å². The first-order valence-electron chi connectivity index (χ1n) is 7.61. The van der Waals surface area contributed by atoms with E-state index in [1.165, 1.54) is 18.6 Å². The normalized spacial score (nSPS) is 33.1. The highest BCUT2D eigenvalue weighted by atomic mass is 32.2. The van der Waals surface area contributed by atoms with Crippen LogP contribution in [0.1, 0.15) is 44.2 Å². The third-order valence-corrected chi connectivity index (χ3v) is 6.64. The van der Waals surface area contributed by atoms with Crippen LogP contribution in [-0.4, -0.2) is 26.7 Å². The standard InChI is InChI=1S/C16H22O5S/c1-9-11-7-10(16(11,2)3)8-13(9)21-15(17)12-5-6-14(20-12)22(4,18)19/h5-6,9-11,13H,7-8H2,1-4H3/t9-,10-,11-,13+/m1/s1. The Labute approximate surface area is 130 Å². The number of rotatable bonds is 3. The van der Waals surface area contributed by atoms with E-state index in [0.717, 1.165) is 12.7 Å². The summed E-state index contributed by atoms with van der Waals surface area (Å²) in [5, 5.41) is -0.208. The molecule has 0 unspecified atom stereocenters. The van der Waals surface area contributed by atoms with E-state index in [0.29, 0.717) is 23.2 Å². The van der Waals surface area contributed by atoms with Gasteiger partial charge in [-0.05, 0) is 48.1 Å². The molecule has 4 atom stereocenters. The van der Waals surface area contributed by atoms with E-state index in [1.54, 1.807) is 0 Å². The van der Waals surface area contributed by atoms with Crippen LogP contribution in [0.3, 0.4) is 0 Å². The minimum atomic E-state index is -3.45. The Morgan fingerprint density at radius 1 is 1.32 bits per heavy atom. The van der Waals surface area contributed by atoms with Gasteiger partial charge in [0, 0.05) is 6.26 Å². The van der Waals surface area contributed by atoms with Crippen LogP contribution in [0.25, 0.3) is 0 Å². The van der Waals surface area contributed by atoms with Gasteiger partial charge in [-0.25, -0.2) is 13.2 Å². The lowest BCUT2D eigenvalue weighted by atomic mass is 9.45. The predicted molar refractivity (Wildman–Crippen MR) is 80.2 cm³/mol. The number of sulfone groups is 1. The highest BCUT2D eigenvalue weighted by Crippen LogP contribution is 2.61. The van der Waals surface area contributed by atoms with Crippen molar-refractivity contribution in [3.63, 3.8) is 0 Å². The van der Waals surface area contributed by atoms with E-state index >= 15 is 0 Å². The molecule has 3 fully saturated rings. The first-order valence-corrected chi connectivity index (χ1v) is 9.50. The average molecular weight is 326 g/mol. The molecule has 0 saturated heterocycles. The number of hydrogen-bond acceptors (Lipinski definition) is 5. The Morgan fingerprint density at radius 3 is 2.50 bits per heavy atom. The number of esters is 1. The fourth-order valence-electron chi connectivity index (χ4n) is 4.08. The van der Waals surface area contributed by atoms with Gasteiger partial charge in [-0.3, -0.25) is 0 Å². The Hall–Kier alpha value is -1.30. The van der Waals surface area contributed by atoms with Gasteiger partial charge in [0.2, 0.25) is 20.7 Å². The summed E-state index contributed by atoms with van der Waals surface area (Å²) in [6.07, 6.45) is 3.01. The van der Waals surface area contributed by atoms with E-state index in [9.17, 15) is 13.2 Å². The maximum absolute atomic E-state index is 12.2. The zero-order valence-electron chi connectivity index (χ0n) is 13.3.